The van der Waals surface area contributed by atoms with Crippen molar-refractivity contribution in [3.05, 3.63) is 102 Å². The molecule has 53 heavy (non-hydrogen) atoms. The lowest BCUT2D eigenvalue weighted by Crippen LogP contribution is -2.57. The zero-order valence-corrected chi connectivity index (χ0v) is 31.3. The summed E-state index contributed by atoms with van der Waals surface area (Å²) in [5, 5.41) is 10.4. The summed E-state index contributed by atoms with van der Waals surface area (Å²) in [6.45, 7) is 8.72. The van der Waals surface area contributed by atoms with Crippen LogP contribution in [0.15, 0.2) is 84.9 Å². The summed E-state index contributed by atoms with van der Waals surface area (Å²) in [6.07, 6.45) is -0.472. The molecule has 0 aromatic heterocycles. The predicted octanol–water partition coefficient (Wildman–Crippen LogP) is 4.22. The molecular formula is C40H52N4O9. The van der Waals surface area contributed by atoms with Gasteiger partial charge in [0.15, 0.2) is 0 Å². The zero-order valence-electron chi connectivity index (χ0n) is 31.3. The number of carbonyl (C=O) groups excluding carboxylic acids is 5. The van der Waals surface area contributed by atoms with Crippen LogP contribution in [0.25, 0.3) is 0 Å². The van der Waals surface area contributed by atoms with E-state index in [9.17, 15) is 24.0 Å². The lowest BCUT2D eigenvalue weighted by Gasteiger charge is -2.25. The van der Waals surface area contributed by atoms with Gasteiger partial charge in [-0.3, -0.25) is 14.4 Å². The second-order valence-electron chi connectivity index (χ2n) is 13.9. The topological polar surface area (TPSA) is 170 Å². The Kier molecular flexibility index (Phi) is 16.8. The smallest absolute Gasteiger partial charge is 0.408 e. The summed E-state index contributed by atoms with van der Waals surface area (Å²) in [5.41, 5.74) is 1.71. The molecule has 0 radical (unpaired) electrons. The molecule has 4 N–H and O–H groups in total. The molecule has 3 atom stereocenters. The number of benzene rings is 3. The van der Waals surface area contributed by atoms with Crippen molar-refractivity contribution in [3.8, 4) is 5.75 Å². The summed E-state index contributed by atoms with van der Waals surface area (Å²) < 4.78 is 21.9. The van der Waals surface area contributed by atoms with Crippen LogP contribution in [0.2, 0.25) is 0 Å². The van der Waals surface area contributed by atoms with E-state index in [1.54, 1.807) is 45.0 Å². The number of carbonyl (C=O) groups is 5. The van der Waals surface area contributed by atoms with Gasteiger partial charge in [-0.1, -0.05) is 86.6 Å². The van der Waals surface area contributed by atoms with Gasteiger partial charge >= 0.3 is 12.1 Å². The first-order valence-corrected chi connectivity index (χ1v) is 17.5. The summed E-state index contributed by atoms with van der Waals surface area (Å²) in [4.78, 5) is 65.2. The third kappa shape index (κ3) is 16.2. The van der Waals surface area contributed by atoms with E-state index < -0.39 is 60.1 Å². The lowest BCUT2D eigenvalue weighted by molar-refractivity contribution is -0.145. The van der Waals surface area contributed by atoms with Gasteiger partial charge in [-0.2, -0.15) is 0 Å². The third-order valence-electron chi connectivity index (χ3n) is 7.60. The van der Waals surface area contributed by atoms with Crippen molar-refractivity contribution < 1.29 is 42.9 Å². The number of esters is 1. The molecule has 0 heterocycles. The Bertz CT molecular complexity index is 1610. The van der Waals surface area contributed by atoms with E-state index in [0.717, 1.165) is 11.1 Å². The molecule has 3 aromatic rings. The van der Waals surface area contributed by atoms with Crippen molar-refractivity contribution in [2.24, 2.45) is 5.92 Å². The van der Waals surface area contributed by atoms with Crippen LogP contribution >= 0.6 is 0 Å². The van der Waals surface area contributed by atoms with E-state index in [0.29, 0.717) is 24.3 Å². The number of hydrogen-bond donors (Lipinski definition) is 4. The number of ether oxygens (including phenoxy) is 4. The molecule has 0 spiro atoms. The van der Waals surface area contributed by atoms with Crippen LogP contribution in [0.4, 0.5) is 4.79 Å². The van der Waals surface area contributed by atoms with E-state index in [4.69, 9.17) is 18.9 Å². The van der Waals surface area contributed by atoms with Gasteiger partial charge in [0.25, 0.3) is 0 Å². The fourth-order valence-corrected chi connectivity index (χ4v) is 5.05. The van der Waals surface area contributed by atoms with Crippen LogP contribution in [-0.4, -0.2) is 73.8 Å². The lowest BCUT2D eigenvalue weighted by atomic mass is 10.0. The fourth-order valence-electron chi connectivity index (χ4n) is 5.05. The summed E-state index contributed by atoms with van der Waals surface area (Å²) in [7, 11) is 1.23. The van der Waals surface area contributed by atoms with Gasteiger partial charge < -0.3 is 40.2 Å². The minimum Gasteiger partial charge on any atom is -0.489 e. The maximum absolute atomic E-state index is 13.8. The Labute approximate surface area is 311 Å². The van der Waals surface area contributed by atoms with Gasteiger partial charge in [0.1, 0.15) is 36.1 Å². The van der Waals surface area contributed by atoms with E-state index in [2.05, 4.69) is 21.3 Å². The molecule has 0 bridgehead atoms. The van der Waals surface area contributed by atoms with Gasteiger partial charge in [0.2, 0.25) is 17.7 Å². The van der Waals surface area contributed by atoms with Crippen molar-refractivity contribution in [3.63, 3.8) is 0 Å². The van der Waals surface area contributed by atoms with Crippen molar-refractivity contribution in [2.75, 3.05) is 20.3 Å². The van der Waals surface area contributed by atoms with Gasteiger partial charge in [0.05, 0.1) is 26.9 Å². The normalized spacial score (nSPS) is 12.8. The maximum Gasteiger partial charge on any atom is 0.408 e. The molecule has 3 rings (SSSR count). The van der Waals surface area contributed by atoms with Crippen LogP contribution in [0.5, 0.6) is 5.75 Å². The molecule has 0 aliphatic heterocycles. The highest BCUT2D eigenvalue weighted by atomic mass is 16.6. The quantitative estimate of drug-likeness (QED) is 0.132. The minimum atomic E-state index is -1.24. The highest BCUT2D eigenvalue weighted by Gasteiger charge is 2.30. The molecule has 13 heteroatoms. The van der Waals surface area contributed by atoms with E-state index in [-0.39, 0.29) is 25.6 Å². The Morgan fingerprint density at radius 2 is 1.28 bits per heavy atom. The van der Waals surface area contributed by atoms with Gasteiger partial charge in [-0.05, 0) is 61.9 Å². The number of amides is 4. The number of nitrogens with one attached hydrogen (secondary N) is 4. The summed E-state index contributed by atoms with van der Waals surface area (Å²) in [5.74, 6) is -1.90. The highest BCUT2D eigenvalue weighted by Crippen LogP contribution is 2.16. The first-order chi connectivity index (χ1) is 25.2. The van der Waals surface area contributed by atoms with Gasteiger partial charge in [0, 0.05) is 6.42 Å². The predicted molar refractivity (Wildman–Crippen MR) is 199 cm³/mol. The molecule has 286 valence electrons. The largest absolute Gasteiger partial charge is 0.489 e. The monoisotopic (exact) mass is 732 g/mol. The Morgan fingerprint density at radius 1 is 0.679 bits per heavy atom. The molecule has 0 saturated heterocycles. The summed E-state index contributed by atoms with van der Waals surface area (Å²) in [6, 6.07) is 22.7. The van der Waals surface area contributed by atoms with Crippen molar-refractivity contribution in [2.45, 2.75) is 84.4 Å². The molecular weight excluding hydrogens is 680 g/mol. The van der Waals surface area contributed by atoms with Crippen LogP contribution in [0, 0.1) is 5.92 Å². The number of alkyl carbamates (subject to hydrolysis) is 1. The van der Waals surface area contributed by atoms with Crippen LogP contribution < -0.4 is 26.0 Å². The van der Waals surface area contributed by atoms with E-state index in [1.807, 2.05) is 74.5 Å². The molecule has 13 nitrogen and oxygen atoms in total. The average molecular weight is 733 g/mol. The molecule has 0 saturated carbocycles. The second-order valence-corrected chi connectivity index (χ2v) is 13.9. The van der Waals surface area contributed by atoms with Crippen LogP contribution in [0.1, 0.15) is 57.7 Å². The van der Waals surface area contributed by atoms with Crippen molar-refractivity contribution >= 4 is 29.8 Å². The van der Waals surface area contributed by atoms with Crippen LogP contribution in [-0.2, 0) is 53.0 Å². The first-order valence-electron chi connectivity index (χ1n) is 17.5. The Balaban J connectivity index is 1.77. The second kappa shape index (κ2) is 21.2. The Hall–Kier alpha value is -5.43. The van der Waals surface area contributed by atoms with Crippen LogP contribution in [0.3, 0.4) is 0 Å². The number of methoxy groups -OCH3 is 1. The third-order valence-corrected chi connectivity index (χ3v) is 7.60. The van der Waals surface area contributed by atoms with E-state index in [1.165, 1.54) is 7.11 Å². The number of hydrogen-bond acceptors (Lipinski definition) is 9. The van der Waals surface area contributed by atoms with Gasteiger partial charge in [-0.25, -0.2) is 9.59 Å². The SMILES string of the molecule is COC(=O)[C@H](CC(C)C)NC(=O)CNC(=O)[C@H](Cc1ccc(OCc2ccccc2)cc1)NC(=O)[C@@H](COCc1ccccc1)NC(=O)OC(C)(C)C. The first kappa shape index (κ1) is 42.0. The van der Waals surface area contributed by atoms with Crippen molar-refractivity contribution in [1.29, 1.82) is 0 Å². The molecule has 4 amide bonds. The molecule has 0 unspecified atom stereocenters. The molecule has 0 fully saturated rings. The fraction of sp³-hybridized carbons (Fsp3) is 0.425. The highest BCUT2D eigenvalue weighted by molar-refractivity contribution is 5.93. The summed E-state index contributed by atoms with van der Waals surface area (Å²) >= 11 is 0. The standard InChI is InChI=1S/C40H52N4O9/c1-27(2)21-33(38(48)50-6)42-35(45)23-41-36(46)32(22-28-17-19-31(20-18-28)52-25-30-15-11-8-12-16-30)43-37(47)34(44-39(49)53-40(3,4)5)26-51-24-29-13-9-7-10-14-29/h7-20,27,32-34H,21-26H2,1-6H3,(H,41,46)(H,42,45)(H,43,47)(H,44,49)/t32-,33-,34+/m0/s1. The molecule has 0 aliphatic rings. The maximum atomic E-state index is 13.8. The van der Waals surface area contributed by atoms with Gasteiger partial charge in [-0.15, -0.1) is 0 Å². The Morgan fingerprint density at radius 3 is 1.85 bits per heavy atom. The zero-order chi connectivity index (χ0) is 38.8. The molecule has 3 aromatic carbocycles. The molecule has 0 aliphatic carbocycles. The number of rotatable bonds is 19. The minimum absolute atomic E-state index is 0.0281. The van der Waals surface area contributed by atoms with E-state index >= 15 is 0 Å². The van der Waals surface area contributed by atoms with Crippen molar-refractivity contribution in [1.82, 2.24) is 21.3 Å². The average Bonchev–Trinajstić information content (AvgIpc) is 3.12.